The van der Waals surface area contributed by atoms with Crippen LogP contribution in [0, 0.1) is 0 Å². The van der Waals surface area contributed by atoms with Gasteiger partial charge >= 0.3 is 0 Å². The first-order chi connectivity index (χ1) is 5.41. The predicted octanol–water partition coefficient (Wildman–Crippen LogP) is 2.19. The summed E-state index contributed by atoms with van der Waals surface area (Å²) >= 11 is 0. The molecule has 11 heavy (non-hydrogen) atoms. The number of hydrogen-bond donors (Lipinski definition) is 3. The molecule has 3 nitrogen and oxygen atoms in total. The Morgan fingerprint density at radius 2 is 1.27 bits per heavy atom. The zero-order valence-corrected chi connectivity index (χ0v) is 7.64. The molecule has 3 N–H and O–H groups in total. The molecule has 0 saturated heterocycles. The molecule has 0 aromatic carbocycles. The van der Waals surface area contributed by atoms with Gasteiger partial charge in [0.2, 0.25) is 0 Å². The quantitative estimate of drug-likeness (QED) is 0.319. The van der Waals surface area contributed by atoms with Gasteiger partial charge in [0.05, 0.1) is 0 Å². The van der Waals surface area contributed by atoms with Crippen molar-refractivity contribution in [1.29, 1.82) is 0 Å². The number of unbranched alkanes of at least 4 members (excludes halogenated alkanes) is 2. The maximum absolute atomic E-state index is 6.00. The van der Waals surface area contributed by atoms with Crippen molar-refractivity contribution in [3.05, 3.63) is 0 Å². The van der Waals surface area contributed by atoms with E-state index < -0.39 is 0 Å². The van der Waals surface area contributed by atoms with E-state index in [1.807, 2.05) is 0 Å². The van der Waals surface area contributed by atoms with Crippen molar-refractivity contribution in [1.82, 2.24) is 5.32 Å². The zero-order chi connectivity index (χ0) is 8.95. The lowest BCUT2D eigenvalue weighted by atomic mass is 10.3. The molecule has 0 heterocycles. The van der Waals surface area contributed by atoms with Crippen LogP contribution < -0.4 is 5.32 Å². The average Bonchev–Trinajstić information content (AvgIpc) is 2.08. The Balaban J connectivity index is 0. The summed E-state index contributed by atoms with van der Waals surface area (Å²) in [5.41, 5.74) is 0. The summed E-state index contributed by atoms with van der Waals surface area (Å²) in [5.74, 6) is 0. The number of rotatable bonds is 6. The third-order valence-corrected chi connectivity index (χ3v) is 1.41. The molecule has 0 rings (SSSR count). The Hall–Kier alpha value is -0.120. The smallest absolute Gasteiger partial charge is 0.00490 e. The summed E-state index contributed by atoms with van der Waals surface area (Å²) in [4.78, 5) is 0. The summed E-state index contributed by atoms with van der Waals surface area (Å²) in [5, 5.41) is 15.4. The van der Waals surface area contributed by atoms with Gasteiger partial charge in [-0.05, 0) is 25.9 Å². The highest BCUT2D eigenvalue weighted by molar-refractivity contribution is 4.45. The predicted molar refractivity (Wildman–Crippen MR) is 47.9 cm³/mol. The van der Waals surface area contributed by atoms with Crippen molar-refractivity contribution < 1.29 is 10.5 Å². The molecule has 0 spiro atoms. The Bertz CT molecular complexity index is 45.4. The Morgan fingerprint density at radius 1 is 0.909 bits per heavy atom. The van der Waals surface area contributed by atoms with Gasteiger partial charge in [0.1, 0.15) is 0 Å². The minimum Gasteiger partial charge on any atom is -0.317 e. The van der Waals surface area contributed by atoms with E-state index >= 15 is 0 Å². The topological polar surface area (TPSA) is 52.5 Å². The molecule has 0 bridgehead atoms. The molecule has 0 radical (unpaired) electrons. The summed E-state index contributed by atoms with van der Waals surface area (Å²) < 4.78 is 0. The van der Waals surface area contributed by atoms with Gasteiger partial charge < -0.3 is 5.32 Å². The van der Waals surface area contributed by atoms with Crippen molar-refractivity contribution in [3.63, 3.8) is 0 Å². The second-order valence-corrected chi connectivity index (χ2v) is 2.46. The molecule has 0 saturated carbocycles. The van der Waals surface area contributed by atoms with Crippen LogP contribution in [0.4, 0.5) is 0 Å². The minimum atomic E-state index is 1.20. The van der Waals surface area contributed by atoms with Crippen LogP contribution in [0.25, 0.3) is 0 Å². The largest absolute Gasteiger partial charge is 0.317 e. The maximum Gasteiger partial charge on any atom is -0.00490 e. The summed E-state index contributed by atoms with van der Waals surface area (Å²) in [6.45, 7) is 6.86. The van der Waals surface area contributed by atoms with E-state index in [2.05, 4.69) is 19.2 Å². The van der Waals surface area contributed by atoms with Gasteiger partial charge in [0.25, 0.3) is 0 Å². The van der Waals surface area contributed by atoms with Crippen LogP contribution in [-0.4, -0.2) is 23.6 Å². The SMILES string of the molecule is CCCCNCCCC.OO. The third kappa shape index (κ3) is 17.7. The molecular formula is C8H21NO2. The average molecular weight is 163 g/mol. The third-order valence-electron chi connectivity index (χ3n) is 1.41. The van der Waals surface area contributed by atoms with Gasteiger partial charge in [0.15, 0.2) is 0 Å². The molecule has 3 heteroatoms. The van der Waals surface area contributed by atoms with E-state index in [4.69, 9.17) is 10.5 Å². The molecule has 0 unspecified atom stereocenters. The van der Waals surface area contributed by atoms with Gasteiger partial charge in [0, 0.05) is 0 Å². The molecule has 0 aromatic rings. The van der Waals surface area contributed by atoms with Crippen LogP contribution in [0.5, 0.6) is 0 Å². The number of hydrogen-bond acceptors (Lipinski definition) is 3. The van der Waals surface area contributed by atoms with Crippen molar-refractivity contribution >= 4 is 0 Å². The molecule has 0 aromatic heterocycles. The molecule has 0 aliphatic carbocycles. The summed E-state index contributed by atoms with van der Waals surface area (Å²) in [7, 11) is 0. The van der Waals surface area contributed by atoms with Crippen molar-refractivity contribution in [3.8, 4) is 0 Å². The monoisotopic (exact) mass is 163 g/mol. The number of nitrogens with one attached hydrogen (secondary N) is 1. The Morgan fingerprint density at radius 3 is 1.55 bits per heavy atom. The van der Waals surface area contributed by atoms with Gasteiger partial charge in [-0.25, -0.2) is 0 Å². The molecule has 0 fully saturated rings. The molecular weight excluding hydrogens is 142 g/mol. The highest BCUT2D eigenvalue weighted by atomic mass is 17.0. The molecule has 0 aliphatic heterocycles. The van der Waals surface area contributed by atoms with Crippen molar-refractivity contribution in [2.24, 2.45) is 0 Å². The fourth-order valence-electron chi connectivity index (χ4n) is 0.729. The molecule has 0 atom stereocenters. The highest BCUT2D eigenvalue weighted by Gasteiger charge is 1.83. The lowest BCUT2D eigenvalue weighted by molar-refractivity contribution is -0.176. The van der Waals surface area contributed by atoms with Crippen LogP contribution in [0.3, 0.4) is 0 Å². The van der Waals surface area contributed by atoms with E-state index in [0.717, 1.165) is 0 Å². The maximum atomic E-state index is 6.00. The van der Waals surface area contributed by atoms with E-state index in [-0.39, 0.29) is 0 Å². The fraction of sp³-hybridized carbons (Fsp3) is 1.00. The van der Waals surface area contributed by atoms with Crippen molar-refractivity contribution in [2.45, 2.75) is 39.5 Å². The van der Waals surface area contributed by atoms with Gasteiger partial charge in [-0.1, -0.05) is 26.7 Å². The van der Waals surface area contributed by atoms with Crippen LogP contribution in [0.2, 0.25) is 0 Å². The van der Waals surface area contributed by atoms with E-state index in [1.165, 1.54) is 38.8 Å². The summed E-state index contributed by atoms with van der Waals surface area (Å²) in [6.07, 6.45) is 5.26. The second kappa shape index (κ2) is 16.5. The zero-order valence-electron chi connectivity index (χ0n) is 7.64. The molecule has 0 amide bonds. The lowest BCUT2D eigenvalue weighted by Gasteiger charge is -1.99. The first-order valence-electron chi connectivity index (χ1n) is 4.32. The van der Waals surface area contributed by atoms with Crippen LogP contribution >= 0.6 is 0 Å². The van der Waals surface area contributed by atoms with Gasteiger partial charge in [-0.15, -0.1) is 0 Å². The first kappa shape index (κ1) is 13.5. The normalized spacial score (nSPS) is 8.73. The lowest BCUT2D eigenvalue weighted by Crippen LogP contribution is -2.15. The van der Waals surface area contributed by atoms with E-state index in [1.54, 1.807) is 0 Å². The van der Waals surface area contributed by atoms with Crippen molar-refractivity contribution in [2.75, 3.05) is 13.1 Å². The Labute approximate surface area is 69.4 Å². The van der Waals surface area contributed by atoms with E-state index in [0.29, 0.717) is 0 Å². The van der Waals surface area contributed by atoms with E-state index in [9.17, 15) is 0 Å². The summed E-state index contributed by atoms with van der Waals surface area (Å²) in [6, 6.07) is 0. The van der Waals surface area contributed by atoms with Gasteiger partial charge in [-0.2, -0.15) is 0 Å². The van der Waals surface area contributed by atoms with Crippen LogP contribution in [0.15, 0.2) is 0 Å². The standard InChI is InChI=1S/C8H19N.H2O2/c1-3-5-7-9-8-6-4-2;1-2/h9H,3-8H2,1-2H3;1-2H. The Kier molecular flexibility index (Phi) is 20.2. The fourth-order valence-corrected chi connectivity index (χ4v) is 0.729. The van der Waals surface area contributed by atoms with Crippen LogP contribution in [-0.2, 0) is 0 Å². The minimum absolute atomic E-state index is 1.20. The first-order valence-corrected chi connectivity index (χ1v) is 4.32. The molecule has 0 aliphatic rings. The second-order valence-electron chi connectivity index (χ2n) is 2.46. The highest BCUT2D eigenvalue weighted by Crippen LogP contribution is 1.85. The van der Waals surface area contributed by atoms with Crippen LogP contribution in [0.1, 0.15) is 39.5 Å². The molecule has 70 valence electrons. The van der Waals surface area contributed by atoms with Gasteiger partial charge in [-0.3, -0.25) is 10.5 Å².